The maximum atomic E-state index is 4.51. The molecule has 2 aliphatic heterocycles. The van der Waals surface area contributed by atoms with E-state index in [4.69, 9.17) is 0 Å². The van der Waals surface area contributed by atoms with E-state index in [1.54, 1.807) is 4.88 Å². The number of aliphatic imine (C=N–C) groups is 1. The maximum absolute atomic E-state index is 4.51. The van der Waals surface area contributed by atoms with E-state index >= 15 is 0 Å². The van der Waals surface area contributed by atoms with Gasteiger partial charge in [-0.05, 0) is 41.0 Å². The van der Waals surface area contributed by atoms with Gasteiger partial charge in [-0.25, -0.2) is 0 Å². The van der Waals surface area contributed by atoms with E-state index in [2.05, 4.69) is 55.8 Å². The topological polar surface area (TPSA) is 30.9 Å². The van der Waals surface area contributed by atoms with Gasteiger partial charge in [-0.15, -0.1) is 35.3 Å². The van der Waals surface area contributed by atoms with Crippen molar-refractivity contribution in [3.05, 3.63) is 57.3 Å². The standard InChI is InChI=1S/C20H26N4S.HI/c1-21-20(24-11-6-16-4-2-3-5-17(16)15-24)22-9-12-23-10-7-19-18(14-23)8-13-25-19;/h2-5,8,13H,6-7,9-12,14-15H2,1H3,(H,21,22);1H. The Kier molecular flexibility index (Phi) is 6.94. The van der Waals surface area contributed by atoms with Crippen molar-refractivity contribution in [2.45, 2.75) is 25.9 Å². The SMILES string of the molecule is CN=C(NCCN1CCc2sccc2C1)N1CCc2ccccc2C1.I. The summed E-state index contributed by atoms with van der Waals surface area (Å²) in [6, 6.07) is 11.0. The molecular formula is C20H27IN4S. The summed E-state index contributed by atoms with van der Waals surface area (Å²) >= 11 is 1.90. The van der Waals surface area contributed by atoms with Gasteiger partial charge in [0, 0.05) is 51.2 Å². The Morgan fingerprint density at radius 3 is 2.77 bits per heavy atom. The van der Waals surface area contributed by atoms with E-state index in [0.717, 1.165) is 45.1 Å². The summed E-state index contributed by atoms with van der Waals surface area (Å²) in [5.74, 6) is 1.03. The Labute approximate surface area is 177 Å². The molecule has 0 saturated heterocycles. The molecule has 0 atom stereocenters. The summed E-state index contributed by atoms with van der Waals surface area (Å²) < 4.78 is 0. The molecule has 4 nitrogen and oxygen atoms in total. The highest BCUT2D eigenvalue weighted by Crippen LogP contribution is 2.23. The molecule has 3 heterocycles. The molecule has 0 amide bonds. The third kappa shape index (κ3) is 4.40. The van der Waals surface area contributed by atoms with Gasteiger partial charge in [0.1, 0.15) is 0 Å². The zero-order valence-electron chi connectivity index (χ0n) is 15.3. The molecule has 0 aliphatic carbocycles. The summed E-state index contributed by atoms with van der Waals surface area (Å²) in [5, 5.41) is 5.80. The Bertz CT molecular complexity index is 758. The third-order valence-electron chi connectivity index (χ3n) is 5.24. The van der Waals surface area contributed by atoms with Crippen molar-refractivity contribution in [1.82, 2.24) is 15.1 Å². The highest BCUT2D eigenvalue weighted by molar-refractivity contribution is 14.0. The molecule has 0 saturated carbocycles. The number of fused-ring (bicyclic) bond motifs is 2. The molecule has 140 valence electrons. The van der Waals surface area contributed by atoms with Crippen LogP contribution in [-0.4, -0.2) is 49.0 Å². The van der Waals surface area contributed by atoms with Crippen molar-refractivity contribution >= 4 is 41.3 Å². The minimum absolute atomic E-state index is 0. The smallest absolute Gasteiger partial charge is 0.194 e. The molecule has 0 fully saturated rings. The van der Waals surface area contributed by atoms with Gasteiger partial charge < -0.3 is 10.2 Å². The summed E-state index contributed by atoms with van der Waals surface area (Å²) in [6.07, 6.45) is 2.30. The Morgan fingerprint density at radius 1 is 1.08 bits per heavy atom. The quantitative estimate of drug-likeness (QED) is 0.414. The zero-order chi connectivity index (χ0) is 17.1. The summed E-state index contributed by atoms with van der Waals surface area (Å²) in [4.78, 5) is 11.0. The minimum atomic E-state index is 0. The van der Waals surface area contributed by atoms with Gasteiger partial charge in [0.15, 0.2) is 5.96 Å². The average Bonchev–Trinajstić information content (AvgIpc) is 3.13. The average molecular weight is 482 g/mol. The van der Waals surface area contributed by atoms with Crippen molar-refractivity contribution in [3.8, 4) is 0 Å². The van der Waals surface area contributed by atoms with Crippen molar-refractivity contribution < 1.29 is 0 Å². The molecule has 1 aromatic heterocycles. The Morgan fingerprint density at radius 2 is 1.92 bits per heavy atom. The molecule has 0 unspecified atom stereocenters. The van der Waals surface area contributed by atoms with Crippen LogP contribution in [0.15, 0.2) is 40.7 Å². The van der Waals surface area contributed by atoms with Crippen LogP contribution in [0.3, 0.4) is 0 Å². The zero-order valence-corrected chi connectivity index (χ0v) is 18.4. The second-order valence-electron chi connectivity index (χ2n) is 6.81. The molecule has 2 aromatic rings. The molecule has 0 spiro atoms. The molecule has 0 radical (unpaired) electrons. The number of nitrogens with zero attached hydrogens (tertiary/aromatic N) is 3. The van der Waals surface area contributed by atoms with Crippen LogP contribution >= 0.6 is 35.3 Å². The van der Waals surface area contributed by atoms with E-state index in [0.29, 0.717) is 0 Å². The third-order valence-corrected chi connectivity index (χ3v) is 6.26. The number of rotatable bonds is 3. The Balaban J connectivity index is 0.00000196. The number of hydrogen-bond donors (Lipinski definition) is 1. The molecule has 1 aromatic carbocycles. The molecule has 1 N–H and O–H groups in total. The van der Waals surface area contributed by atoms with Crippen LogP contribution in [0.4, 0.5) is 0 Å². The van der Waals surface area contributed by atoms with Crippen LogP contribution in [0.5, 0.6) is 0 Å². The van der Waals surface area contributed by atoms with E-state index in [1.807, 2.05) is 18.4 Å². The predicted molar refractivity (Wildman–Crippen MR) is 121 cm³/mol. The van der Waals surface area contributed by atoms with E-state index in [9.17, 15) is 0 Å². The van der Waals surface area contributed by atoms with E-state index in [1.165, 1.54) is 29.7 Å². The maximum Gasteiger partial charge on any atom is 0.194 e. The number of nitrogens with one attached hydrogen (secondary N) is 1. The van der Waals surface area contributed by atoms with Crippen LogP contribution < -0.4 is 5.32 Å². The number of guanidine groups is 1. The van der Waals surface area contributed by atoms with E-state index < -0.39 is 0 Å². The lowest BCUT2D eigenvalue weighted by molar-refractivity contribution is 0.258. The van der Waals surface area contributed by atoms with Gasteiger partial charge >= 0.3 is 0 Å². The molecule has 6 heteroatoms. The summed E-state index contributed by atoms with van der Waals surface area (Å²) in [7, 11) is 1.89. The summed E-state index contributed by atoms with van der Waals surface area (Å²) in [5.41, 5.74) is 4.43. The fraction of sp³-hybridized carbons (Fsp3) is 0.450. The lowest BCUT2D eigenvalue weighted by Crippen LogP contribution is -2.46. The van der Waals surface area contributed by atoms with Crippen LogP contribution in [0.1, 0.15) is 21.6 Å². The number of thiophene rings is 1. The van der Waals surface area contributed by atoms with Crippen LogP contribution in [0.25, 0.3) is 0 Å². The van der Waals surface area contributed by atoms with Gasteiger partial charge in [0.25, 0.3) is 0 Å². The van der Waals surface area contributed by atoms with Gasteiger partial charge in [-0.2, -0.15) is 0 Å². The minimum Gasteiger partial charge on any atom is -0.355 e. The molecule has 4 rings (SSSR count). The Hall–Kier alpha value is -1.12. The van der Waals surface area contributed by atoms with Crippen molar-refractivity contribution in [1.29, 1.82) is 0 Å². The fourth-order valence-electron chi connectivity index (χ4n) is 3.83. The van der Waals surface area contributed by atoms with Crippen molar-refractivity contribution in [2.24, 2.45) is 4.99 Å². The molecule has 2 aliphatic rings. The lowest BCUT2D eigenvalue weighted by atomic mass is 10.0. The lowest BCUT2D eigenvalue weighted by Gasteiger charge is -2.32. The first-order valence-electron chi connectivity index (χ1n) is 9.13. The number of halogens is 1. The number of hydrogen-bond acceptors (Lipinski definition) is 3. The van der Waals surface area contributed by atoms with Crippen molar-refractivity contribution in [3.63, 3.8) is 0 Å². The highest BCUT2D eigenvalue weighted by Gasteiger charge is 2.20. The first-order valence-corrected chi connectivity index (χ1v) is 10.0. The number of benzene rings is 1. The van der Waals surface area contributed by atoms with Gasteiger partial charge in [-0.1, -0.05) is 24.3 Å². The van der Waals surface area contributed by atoms with E-state index in [-0.39, 0.29) is 24.0 Å². The summed E-state index contributed by atoms with van der Waals surface area (Å²) in [6.45, 7) is 6.28. The molecule has 26 heavy (non-hydrogen) atoms. The second kappa shape index (κ2) is 9.19. The van der Waals surface area contributed by atoms with Gasteiger partial charge in [0.05, 0.1) is 0 Å². The van der Waals surface area contributed by atoms with Crippen LogP contribution in [0, 0.1) is 0 Å². The van der Waals surface area contributed by atoms with Gasteiger partial charge in [0.2, 0.25) is 0 Å². The second-order valence-corrected chi connectivity index (χ2v) is 7.81. The normalized spacial score (nSPS) is 17.3. The van der Waals surface area contributed by atoms with Gasteiger partial charge in [-0.3, -0.25) is 9.89 Å². The first kappa shape index (κ1) is 19.6. The monoisotopic (exact) mass is 482 g/mol. The van der Waals surface area contributed by atoms with Crippen molar-refractivity contribution in [2.75, 3.05) is 33.2 Å². The fourth-order valence-corrected chi connectivity index (χ4v) is 4.72. The first-order chi connectivity index (χ1) is 12.3. The van der Waals surface area contributed by atoms with Crippen LogP contribution in [0.2, 0.25) is 0 Å². The predicted octanol–water partition coefficient (Wildman–Crippen LogP) is 3.36. The largest absolute Gasteiger partial charge is 0.355 e. The highest BCUT2D eigenvalue weighted by atomic mass is 127. The molecule has 0 bridgehead atoms. The molecular weight excluding hydrogens is 455 g/mol. The van der Waals surface area contributed by atoms with Crippen LogP contribution in [-0.2, 0) is 25.9 Å².